The van der Waals surface area contributed by atoms with Crippen LogP contribution >= 0.6 is 0 Å². The van der Waals surface area contributed by atoms with Gasteiger partial charge >= 0.3 is 11.9 Å². The number of ether oxygens (including phenoxy) is 2. The molecule has 0 bridgehead atoms. The first-order chi connectivity index (χ1) is 28.1. The third kappa shape index (κ3) is 19.7. The van der Waals surface area contributed by atoms with Crippen molar-refractivity contribution in [3.05, 3.63) is 0 Å². The second kappa shape index (κ2) is 30.0. The number of nitrogens with one attached hydrogen (secondary N) is 2. The lowest BCUT2D eigenvalue weighted by molar-refractivity contribution is -0.156. The maximum Gasteiger partial charge on any atom is 0.306 e. The number of hydrogen-bond acceptors (Lipinski definition) is 6. The SMILES string of the molecule is CCCCC1(CCCC)CC(OC(=O)CCCCCCCCC(=O)OC2CC(CCCC)(CCCC)NC(CCCC)(CCCC)C2)CC(CCCC)(CCCC)N1. The average Bonchev–Trinajstić information content (AvgIpc) is 3.21. The first-order valence-corrected chi connectivity index (χ1v) is 26.0. The molecule has 0 aromatic heterocycles. The van der Waals surface area contributed by atoms with Gasteiger partial charge in [0.05, 0.1) is 0 Å². The van der Waals surface area contributed by atoms with Gasteiger partial charge in [-0.2, -0.15) is 0 Å². The van der Waals surface area contributed by atoms with Crippen LogP contribution < -0.4 is 10.6 Å². The van der Waals surface area contributed by atoms with Crippen LogP contribution in [0.1, 0.15) is 287 Å². The van der Waals surface area contributed by atoms with Crippen molar-refractivity contribution >= 4 is 11.9 Å². The van der Waals surface area contributed by atoms with Crippen LogP contribution in [0.2, 0.25) is 0 Å². The summed E-state index contributed by atoms with van der Waals surface area (Å²) in [5, 5.41) is 8.67. The lowest BCUT2D eigenvalue weighted by Gasteiger charge is -2.53. The van der Waals surface area contributed by atoms with Gasteiger partial charge < -0.3 is 20.1 Å². The molecule has 0 aromatic carbocycles. The highest BCUT2D eigenvalue weighted by atomic mass is 16.5. The quantitative estimate of drug-likeness (QED) is 0.0490. The molecule has 0 radical (unpaired) electrons. The molecule has 2 heterocycles. The minimum atomic E-state index is 0.00846. The summed E-state index contributed by atoms with van der Waals surface area (Å²) in [7, 11) is 0. The highest BCUT2D eigenvalue weighted by Gasteiger charge is 2.49. The Labute approximate surface area is 361 Å². The van der Waals surface area contributed by atoms with E-state index in [1.54, 1.807) is 0 Å². The number of rotatable bonds is 35. The highest BCUT2D eigenvalue weighted by molar-refractivity contribution is 5.70. The van der Waals surface area contributed by atoms with Crippen molar-refractivity contribution in [2.75, 3.05) is 0 Å². The first-order valence-electron chi connectivity index (χ1n) is 26.0. The van der Waals surface area contributed by atoms with Gasteiger partial charge in [-0.1, -0.05) is 184 Å². The lowest BCUT2D eigenvalue weighted by atomic mass is 9.69. The molecule has 2 rings (SSSR count). The lowest BCUT2D eigenvalue weighted by Crippen LogP contribution is -2.65. The van der Waals surface area contributed by atoms with E-state index in [9.17, 15) is 9.59 Å². The van der Waals surface area contributed by atoms with Gasteiger partial charge in [0.1, 0.15) is 12.2 Å². The Morgan fingerprint density at radius 2 is 0.569 bits per heavy atom. The largest absolute Gasteiger partial charge is 0.462 e. The number of hydrogen-bond donors (Lipinski definition) is 2. The monoisotopic (exact) mass is 817 g/mol. The molecule has 2 aliphatic rings. The number of carbonyl (C=O) groups is 2. The zero-order valence-electron chi connectivity index (χ0n) is 40.2. The number of esters is 2. The highest BCUT2D eigenvalue weighted by Crippen LogP contribution is 2.44. The van der Waals surface area contributed by atoms with Crippen LogP contribution in [-0.4, -0.2) is 46.3 Å². The van der Waals surface area contributed by atoms with Crippen molar-refractivity contribution in [2.24, 2.45) is 0 Å². The summed E-state index contributed by atoms with van der Waals surface area (Å²) in [6.07, 6.45) is 40.0. The molecule has 0 unspecified atom stereocenters. The number of carbonyl (C=O) groups excluding carboxylic acids is 2. The van der Waals surface area contributed by atoms with Gasteiger partial charge in [0.15, 0.2) is 0 Å². The molecule has 342 valence electrons. The zero-order chi connectivity index (χ0) is 42.6. The summed E-state index contributed by atoms with van der Waals surface area (Å²) < 4.78 is 12.8. The molecule has 0 spiro atoms. The van der Waals surface area contributed by atoms with Crippen LogP contribution in [0.3, 0.4) is 0 Å². The molecule has 0 aromatic rings. The van der Waals surface area contributed by atoms with Crippen molar-refractivity contribution < 1.29 is 19.1 Å². The summed E-state index contributed by atoms with van der Waals surface area (Å²) >= 11 is 0. The van der Waals surface area contributed by atoms with E-state index in [4.69, 9.17) is 9.47 Å². The Morgan fingerprint density at radius 1 is 0.362 bits per heavy atom. The van der Waals surface area contributed by atoms with E-state index in [0.29, 0.717) is 12.8 Å². The number of piperidine rings is 2. The van der Waals surface area contributed by atoms with E-state index in [-0.39, 0.29) is 46.3 Å². The molecule has 0 atom stereocenters. The average molecular weight is 817 g/mol. The summed E-state index contributed by atoms with van der Waals surface area (Å²) in [5.74, 6) is 0.0169. The van der Waals surface area contributed by atoms with E-state index in [1.807, 2.05) is 0 Å². The van der Waals surface area contributed by atoms with E-state index < -0.39 is 0 Å². The molecular formula is C52H100N2O4. The summed E-state index contributed by atoms with van der Waals surface area (Å²) in [6, 6.07) is 0. The van der Waals surface area contributed by atoms with Gasteiger partial charge in [0, 0.05) is 60.7 Å². The van der Waals surface area contributed by atoms with Gasteiger partial charge in [-0.05, 0) is 64.2 Å². The topological polar surface area (TPSA) is 76.7 Å². The first kappa shape index (κ1) is 53.0. The molecule has 2 aliphatic heterocycles. The molecular weight excluding hydrogens is 717 g/mol. The van der Waals surface area contributed by atoms with Crippen molar-refractivity contribution in [1.82, 2.24) is 10.6 Å². The van der Waals surface area contributed by atoms with Crippen molar-refractivity contribution in [1.29, 1.82) is 0 Å². The van der Waals surface area contributed by atoms with E-state index in [0.717, 1.165) is 64.2 Å². The van der Waals surface area contributed by atoms with Crippen molar-refractivity contribution in [2.45, 2.75) is 321 Å². The molecule has 2 N–H and O–H groups in total. The molecule has 58 heavy (non-hydrogen) atoms. The minimum Gasteiger partial charge on any atom is -0.462 e. The predicted octanol–water partition coefficient (Wildman–Crippen LogP) is 15.2. The van der Waals surface area contributed by atoms with Crippen LogP contribution in [0.15, 0.2) is 0 Å². The Balaban J connectivity index is 1.89. The maximum absolute atomic E-state index is 13.4. The van der Waals surface area contributed by atoms with Gasteiger partial charge in [-0.25, -0.2) is 0 Å². The van der Waals surface area contributed by atoms with Crippen LogP contribution in [-0.2, 0) is 19.1 Å². The summed E-state index contributed by atoms with van der Waals surface area (Å²) in [6.45, 7) is 18.4. The molecule has 2 fully saturated rings. The maximum atomic E-state index is 13.4. The van der Waals surface area contributed by atoms with E-state index in [2.05, 4.69) is 66.0 Å². The summed E-state index contributed by atoms with van der Waals surface area (Å²) in [5.41, 5.74) is 0.327. The second-order valence-electron chi connectivity index (χ2n) is 19.9. The fourth-order valence-corrected chi connectivity index (χ4v) is 11.1. The number of unbranched alkanes of at least 4 members (excludes halogenated alkanes) is 13. The standard InChI is InChI=1S/C52H100N2O4/c1-9-17-33-49(34-18-10-2)41-45(42-50(53-49,35-19-11-3)36-20-12-4)57-47(55)31-29-27-25-26-28-30-32-48(56)58-46-43-51(37-21-13-5,38-22-14-6)54-52(44-46,39-23-15-7)40-24-16-8/h45-46,53-54H,9-44H2,1-8H3. The molecule has 0 saturated carbocycles. The van der Waals surface area contributed by atoms with Gasteiger partial charge in [-0.3, -0.25) is 9.59 Å². The van der Waals surface area contributed by atoms with Gasteiger partial charge in [-0.15, -0.1) is 0 Å². The molecule has 0 amide bonds. The van der Waals surface area contributed by atoms with Crippen LogP contribution in [0.25, 0.3) is 0 Å². The van der Waals surface area contributed by atoms with Crippen molar-refractivity contribution in [3.8, 4) is 0 Å². The van der Waals surface area contributed by atoms with E-state index >= 15 is 0 Å². The van der Waals surface area contributed by atoms with Crippen molar-refractivity contribution in [3.63, 3.8) is 0 Å². The van der Waals surface area contributed by atoms with Crippen LogP contribution in [0.4, 0.5) is 0 Å². The van der Waals surface area contributed by atoms with Crippen LogP contribution in [0.5, 0.6) is 0 Å². The minimum absolute atomic E-state index is 0.00846. The third-order valence-corrected chi connectivity index (χ3v) is 14.2. The molecule has 2 saturated heterocycles. The Bertz CT molecular complexity index is 890. The third-order valence-electron chi connectivity index (χ3n) is 14.2. The molecule has 0 aliphatic carbocycles. The van der Waals surface area contributed by atoms with Gasteiger partial charge in [0.25, 0.3) is 0 Å². The van der Waals surface area contributed by atoms with E-state index in [1.165, 1.54) is 154 Å². The summed E-state index contributed by atoms with van der Waals surface area (Å²) in [4.78, 5) is 26.7. The Kier molecular flexibility index (Phi) is 27.4. The second-order valence-corrected chi connectivity index (χ2v) is 19.9. The Morgan fingerprint density at radius 3 is 0.776 bits per heavy atom. The zero-order valence-corrected chi connectivity index (χ0v) is 40.2. The smallest absolute Gasteiger partial charge is 0.306 e. The predicted molar refractivity (Wildman–Crippen MR) is 249 cm³/mol. The molecule has 6 heteroatoms. The van der Waals surface area contributed by atoms with Crippen LogP contribution in [0, 0.1) is 0 Å². The fourth-order valence-electron chi connectivity index (χ4n) is 11.1. The van der Waals surface area contributed by atoms with Gasteiger partial charge in [0.2, 0.25) is 0 Å². The molecule has 6 nitrogen and oxygen atoms in total. The Hall–Kier alpha value is -1.14. The normalized spacial score (nSPS) is 19.0. The fraction of sp³-hybridized carbons (Fsp3) is 0.962.